The molecule has 0 radical (unpaired) electrons. The molecule has 1 amide bonds. The Hall–Kier alpha value is -1.54. The molecule has 0 unspecified atom stereocenters. The highest BCUT2D eigenvalue weighted by molar-refractivity contribution is 7.18. The lowest BCUT2D eigenvalue weighted by molar-refractivity contribution is 0.0954. The normalized spacial score (nSPS) is 14.7. The third-order valence-electron chi connectivity index (χ3n) is 2.40. The number of anilines is 1. The van der Waals surface area contributed by atoms with Crippen LogP contribution in [0.3, 0.4) is 0 Å². The summed E-state index contributed by atoms with van der Waals surface area (Å²) in [6, 6.07) is 2.34. The molecule has 15 heavy (non-hydrogen) atoms. The summed E-state index contributed by atoms with van der Waals surface area (Å²) in [4.78, 5) is 12.3. The first-order chi connectivity index (χ1) is 7.13. The van der Waals surface area contributed by atoms with Crippen LogP contribution >= 0.6 is 11.3 Å². The highest BCUT2D eigenvalue weighted by atomic mass is 32.1. The molecule has 4 nitrogen and oxygen atoms in total. The van der Waals surface area contributed by atoms with Gasteiger partial charge < -0.3 is 11.1 Å². The van der Waals surface area contributed by atoms with Crippen LogP contribution in [0.5, 0.6) is 0 Å². The van der Waals surface area contributed by atoms with Crippen LogP contribution in [0, 0.1) is 18.3 Å². The van der Waals surface area contributed by atoms with Crippen molar-refractivity contribution in [1.82, 2.24) is 5.32 Å². The molecular weight excluding hydrogens is 210 g/mol. The van der Waals surface area contributed by atoms with Gasteiger partial charge in [-0.1, -0.05) is 0 Å². The number of hydrogen-bond donors (Lipinski definition) is 2. The fourth-order valence-corrected chi connectivity index (χ4v) is 2.30. The van der Waals surface area contributed by atoms with E-state index >= 15 is 0 Å². The second-order valence-corrected chi connectivity index (χ2v) is 4.71. The summed E-state index contributed by atoms with van der Waals surface area (Å²) in [7, 11) is 0. The molecule has 2 rings (SSSR count). The van der Waals surface area contributed by atoms with Crippen LogP contribution in [-0.2, 0) is 0 Å². The summed E-state index contributed by atoms with van der Waals surface area (Å²) in [5, 5.41) is 12.1. The minimum Gasteiger partial charge on any atom is -0.389 e. The van der Waals surface area contributed by atoms with Gasteiger partial charge in [0, 0.05) is 6.04 Å². The van der Waals surface area contributed by atoms with E-state index < -0.39 is 0 Å². The van der Waals surface area contributed by atoms with Crippen LogP contribution in [0.2, 0.25) is 0 Å². The van der Waals surface area contributed by atoms with E-state index in [2.05, 4.69) is 5.32 Å². The van der Waals surface area contributed by atoms with Crippen molar-refractivity contribution in [3.8, 4) is 6.07 Å². The Kier molecular flexibility index (Phi) is 2.37. The monoisotopic (exact) mass is 221 g/mol. The van der Waals surface area contributed by atoms with Crippen molar-refractivity contribution in [2.45, 2.75) is 25.8 Å². The van der Waals surface area contributed by atoms with Crippen molar-refractivity contribution in [3.05, 3.63) is 16.0 Å². The average molecular weight is 221 g/mol. The molecule has 1 aromatic heterocycles. The van der Waals surface area contributed by atoms with Gasteiger partial charge in [0.15, 0.2) is 0 Å². The molecular formula is C10H11N3OS. The molecule has 1 aliphatic rings. The van der Waals surface area contributed by atoms with E-state index in [4.69, 9.17) is 11.0 Å². The lowest BCUT2D eigenvalue weighted by atomic mass is 10.1. The molecule has 0 aliphatic heterocycles. The summed E-state index contributed by atoms with van der Waals surface area (Å²) in [5.41, 5.74) is 6.78. The highest BCUT2D eigenvalue weighted by Gasteiger charge is 2.26. The molecule has 1 heterocycles. The van der Waals surface area contributed by atoms with E-state index in [-0.39, 0.29) is 5.91 Å². The SMILES string of the molecule is Cc1c(C(=O)NC2CC2)sc(N)c1C#N. The molecule has 3 N–H and O–H groups in total. The van der Waals surface area contributed by atoms with Gasteiger partial charge in [0.2, 0.25) is 0 Å². The van der Waals surface area contributed by atoms with Crippen LogP contribution < -0.4 is 11.1 Å². The number of nitriles is 1. The van der Waals surface area contributed by atoms with Gasteiger partial charge in [-0.2, -0.15) is 5.26 Å². The first-order valence-corrected chi connectivity index (χ1v) is 5.55. The first-order valence-electron chi connectivity index (χ1n) is 4.73. The largest absolute Gasteiger partial charge is 0.389 e. The third-order valence-corrected chi connectivity index (χ3v) is 3.52. The lowest BCUT2D eigenvalue weighted by Gasteiger charge is -2.00. The molecule has 0 aromatic carbocycles. The topological polar surface area (TPSA) is 78.9 Å². The Labute approximate surface area is 91.7 Å². The van der Waals surface area contributed by atoms with Crippen LogP contribution in [0.1, 0.15) is 33.6 Å². The molecule has 1 fully saturated rings. The molecule has 1 aromatic rings. The molecule has 0 atom stereocenters. The summed E-state index contributed by atoms with van der Waals surface area (Å²) in [5.74, 6) is -0.104. The first kappa shape index (κ1) is 9.99. The van der Waals surface area contributed by atoms with Crippen LogP contribution in [0.25, 0.3) is 0 Å². The number of carbonyl (C=O) groups is 1. The van der Waals surface area contributed by atoms with Gasteiger partial charge in [-0.15, -0.1) is 11.3 Å². The highest BCUT2D eigenvalue weighted by Crippen LogP contribution is 2.30. The van der Waals surface area contributed by atoms with Gasteiger partial charge in [-0.25, -0.2) is 0 Å². The molecule has 0 saturated heterocycles. The summed E-state index contributed by atoms with van der Waals surface area (Å²) < 4.78 is 0. The Morgan fingerprint density at radius 1 is 1.67 bits per heavy atom. The standard InChI is InChI=1S/C10H11N3OS/c1-5-7(4-11)9(12)15-8(5)10(14)13-6-2-3-6/h6H,2-3,12H2,1H3,(H,13,14). The predicted octanol–water partition coefficient (Wildman–Crippen LogP) is 1.40. The zero-order valence-corrected chi connectivity index (χ0v) is 9.15. The second-order valence-electron chi connectivity index (χ2n) is 3.65. The molecule has 1 saturated carbocycles. The number of rotatable bonds is 2. The Morgan fingerprint density at radius 2 is 2.33 bits per heavy atom. The summed E-state index contributed by atoms with van der Waals surface area (Å²) >= 11 is 1.19. The molecule has 78 valence electrons. The van der Waals surface area contributed by atoms with Crippen molar-refractivity contribution in [3.63, 3.8) is 0 Å². The fourth-order valence-electron chi connectivity index (χ4n) is 1.37. The van der Waals surface area contributed by atoms with Crippen molar-refractivity contribution in [2.24, 2.45) is 0 Å². The van der Waals surface area contributed by atoms with E-state index in [9.17, 15) is 4.79 Å². The number of nitrogens with one attached hydrogen (secondary N) is 1. The smallest absolute Gasteiger partial charge is 0.261 e. The molecule has 0 spiro atoms. The van der Waals surface area contributed by atoms with Gasteiger partial charge in [0.25, 0.3) is 5.91 Å². The van der Waals surface area contributed by atoms with Gasteiger partial charge in [0.1, 0.15) is 11.1 Å². The molecule has 0 bridgehead atoms. The number of hydrogen-bond acceptors (Lipinski definition) is 4. The van der Waals surface area contributed by atoms with Crippen molar-refractivity contribution in [2.75, 3.05) is 5.73 Å². The number of nitrogens with zero attached hydrogens (tertiary/aromatic N) is 1. The zero-order chi connectivity index (χ0) is 11.0. The van der Waals surface area contributed by atoms with Gasteiger partial charge >= 0.3 is 0 Å². The maximum Gasteiger partial charge on any atom is 0.261 e. The predicted molar refractivity (Wildman–Crippen MR) is 58.7 cm³/mol. The van der Waals surface area contributed by atoms with Gasteiger partial charge in [0.05, 0.1) is 10.4 Å². The Balaban J connectivity index is 2.27. The summed E-state index contributed by atoms with van der Waals surface area (Å²) in [6.07, 6.45) is 2.10. The van der Waals surface area contributed by atoms with Crippen LogP contribution in [-0.4, -0.2) is 11.9 Å². The number of thiophene rings is 1. The number of carbonyl (C=O) groups excluding carboxylic acids is 1. The van der Waals surface area contributed by atoms with E-state index in [0.717, 1.165) is 12.8 Å². The number of nitrogens with two attached hydrogens (primary N) is 1. The quantitative estimate of drug-likeness (QED) is 0.792. The second kappa shape index (κ2) is 3.55. The van der Waals surface area contributed by atoms with Crippen LogP contribution in [0.15, 0.2) is 0 Å². The maximum absolute atomic E-state index is 11.7. The minimum absolute atomic E-state index is 0.104. The number of nitrogen functional groups attached to an aromatic ring is 1. The average Bonchev–Trinajstić information content (AvgIpc) is 2.93. The Bertz CT molecular complexity index is 454. The van der Waals surface area contributed by atoms with E-state index in [1.165, 1.54) is 11.3 Å². The van der Waals surface area contributed by atoms with E-state index in [1.54, 1.807) is 6.92 Å². The number of amides is 1. The molecule has 5 heteroatoms. The van der Waals surface area contributed by atoms with E-state index in [0.29, 0.717) is 27.0 Å². The van der Waals surface area contributed by atoms with Gasteiger partial charge in [-0.05, 0) is 25.3 Å². The van der Waals surface area contributed by atoms with Crippen molar-refractivity contribution in [1.29, 1.82) is 5.26 Å². The minimum atomic E-state index is -0.104. The Morgan fingerprint density at radius 3 is 2.80 bits per heavy atom. The van der Waals surface area contributed by atoms with E-state index in [1.807, 2.05) is 6.07 Å². The summed E-state index contributed by atoms with van der Waals surface area (Å²) in [6.45, 7) is 1.76. The maximum atomic E-state index is 11.7. The molecule has 1 aliphatic carbocycles. The third kappa shape index (κ3) is 1.81. The van der Waals surface area contributed by atoms with Crippen molar-refractivity contribution >= 4 is 22.2 Å². The fraction of sp³-hybridized carbons (Fsp3) is 0.400. The van der Waals surface area contributed by atoms with Gasteiger partial charge in [-0.3, -0.25) is 4.79 Å². The lowest BCUT2D eigenvalue weighted by Crippen LogP contribution is -2.25. The zero-order valence-electron chi connectivity index (χ0n) is 8.33. The van der Waals surface area contributed by atoms with Crippen molar-refractivity contribution < 1.29 is 4.79 Å². The van der Waals surface area contributed by atoms with Crippen LogP contribution in [0.4, 0.5) is 5.00 Å².